The molecule has 1 aliphatic rings. The van der Waals surface area contributed by atoms with E-state index >= 15 is 0 Å². The fourth-order valence-electron chi connectivity index (χ4n) is 4.66. The van der Waals surface area contributed by atoms with Gasteiger partial charge in [0, 0.05) is 24.0 Å². The molecule has 1 saturated heterocycles. The molecule has 1 unspecified atom stereocenters. The van der Waals surface area contributed by atoms with E-state index in [9.17, 15) is 9.59 Å². The molecule has 0 spiro atoms. The van der Waals surface area contributed by atoms with Crippen molar-refractivity contribution < 1.29 is 14.3 Å². The van der Waals surface area contributed by atoms with Gasteiger partial charge in [0.25, 0.3) is 0 Å². The quantitative estimate of drug-likeness (QED) is 0.362. The largest absolute Gasteiger partial charge is 0.445 e. The van der Waals surface area contributed by atoms with Gasteiger partial charge in [-0.2, -0.15) is 4.52 Å². The summed E-state index contributed by atoms with van der Waals surface area (Å²) in [4.78, 5) is 37.1. The molecule has 6 rings (SSSR count). The lowest BCUT2D eigenvalue weighted by Crippen LogP contribution is -2.44. The van der Waals surface area contributed by atoms with Crippen LogP contribution in [-0.2, 0) is 16.1 Å². The number of para-hydroxylation sites is 1. The molecule has 10 heteroatoms. The number of fused-ring (bicyclic) bond motifs is 3. The monoisotopic (exact) mass is 521 g/mol. The lowest BCUT2D eigenvalue weighted by atomic mass is 10.1. The molecule has 0 saturated carbocycles. The van der Waals surface area contributed by atoms with E-state index in [0.717, 1.165) is 22.1 Å². The summed E-state index contributed by atoms with van der Waals surface area (Å²) in [6.45, 7) is 2.92. The normalized spacial score (nSPS) is 15.7. The maximum absolute atomic E-state index is 13.0. The van der Waals surface area contributed by atoms with Crippen molar-refractivity contribution in [2.75, 3.05) is 25.0 Å². The summed E-state index contributed by atoms with van der Waals surface area (Å²) in [6, 6.07) is 24.3. The van der Waals surface area contributed by atoms with Crippen molar-refractivity contribution >= 4 is 34.5 Å². The molecule has 39 heavy (non-hydrogen) atoms. The van der Waals surface area contributed by atoms with Gasteiger partial charge in [-0.3, -0.25) is 4.79 Å². The van der Waals surface area contributed by atoms with Crippen molar-refractivity contribution in [1.82, 2.24) is 29.8 Å². The molecule has 3 aromatic carbocycles. The lowest BCUT2D eigenvalue weighted by Gasteiger charge is -2.23. The van der Waals surface area contributed by atoms with Gasteiger partial charge in [-0.15, -0.1) is 5.10 Å². The van der Waals surface area contributed by atoms with E-state index < -0.39 is 12.1 Å². The maximum Gasteiger partial charge on any atom is 0.410 e. The van der Waals surface area contributed by atoms with Crippen LogP contribution in [0.25, 0.3) is 27.9 Å². The minimum atomic E-state index is -0.778. The van der Waals surface area contributed by atoms with Gasteiger partial charge in [0.15, 0.2) is 11.5 Å². The van der Waals surface area contributed by atoms with Crippen LogP contribution in [0.5, 0.6) is 0 Å². The summed E-state index contributed by atoms with van der Waals surface area (Å²) >= 11 is 0. The number of aromatic nitrogens is 4. The summed E-state index contributed by atoms with van der Waals surface area (Å²) < 4.78 is 7.15. The average molecular weight is 522 g/mol. The second-order valence-corrected chi connectivity index (χ2v) is 9.41. The number of benzene rings is 3. The van der Waals surface area contributed by atoms with E-state index in [4.69, 9.17) is 19.8 Å². The van der Waals surface area contributed by atoms with Gasteiger partial charge in [-0.05, 0) is 30.2 Å². The van der Waals surface area contributed by atoms with Crippen LogP contribution in [0.15, 0.2) is 78.9 Å². The van der Waals surface area contributed by atoms with Crippen LogP contribution in [-0.4, -0.2) is 62.2 Å². The zero-order valence-electron chi connectivity index (χ0n) is 21.4. The molecular formula is C29H27N7O3. The van der Waals surface area contributed by atoms with Crippen LogP contribution < -0.4 is 10.6 Å². The van der Waals surface area contributed by atoms with Crippen molar-refractivity contribution in [3.05, 3.63) is 90.0 Å². The van der Waals surface area contributed by atoms with E-state index in [1.54, 1.807) is 4.52 Å². The molecule has 5 aromatic rings. The number of hydrogen-bond donors (Lipinski definition) is 2. The van der Waals surface area contributed by atoms with Gasteiger partial charge >= 0.3 is 6.09 Å². The molecule has 196 valence electrons. The van der Waals surface area contributed by atoms with Crippen LogP contribution in [0.2, 0.25) is 0 Å². The zero-order chi connectivity index (χ0) is 26.8. The summed E-state index contributed by atoms with van der Waals surface area (Å²) in [6.07, 6.45) is -0.485. The fourth-order valence-corrected chi connectivity index (χ4v) is 4.66. The van der Waals surface area contributed by atoms with E-state index in [0.29, 0.717) is 36.0 Å². The van der Waals surface area contributed by atoms with Crippen molar-refractivity contribution in [2.45, 2.75) is 19.6 Å². The highest BCUT2D eigenvalue weighted by atomic mass is 16.6. The molecular weight excluding hydrogens is 494 g/mol. The minimum absolute atomic E-state index is 0.106. The number of aryl methyl sites for hydroxylation is 1. The number of nitrogens with zero attached hydrogens (tertiary/aromatic N) is 5. The van der Waals surface area contributed by atoms with Crippen LogP contribution in [0, 0.1) is 6.92 Å². The Kier molecular flexibility index (Phi) is 6.50. The van der Waals surface area contributed by atoms with Gasteiger partial charge in [0.05, 0.1) is 12.1 Å². The molecule has 0 bridgehead atoms. The SMILES string of the molecule is Cc1ccccc1-c1nc2c3ccccc3nc(NC3CN(C(=O)OCc4ccccc4)CCNC3=O)n2n1. The molecule has 1 fully saturated rings. The molecule has 1 aliphatic heterocycles. The Morgan fingerprint density at radius 1 is 1.03 bits per heavy atom. The first kappa shape index (κ1) is 24.4. The molecule has 1 atom stereocenters. The predicted molar refractivity (Wildman–Crippen MR) is 147 cm³/mol. The topological polar surface area (TPSA) is 114 Å². The Labute approximate surface area is 224 Å². The average Bonchev–Trinajstić information content (AvgIpc) is 3.33. The van der Waals surface area contributed by atoms with Crippen LogP contribution >= 0.6 is 0 Å². The number of nitrogens with one attached hydrogen (secondary N) is 2. The third-order valence-corrected chi connectivity index (χ3v) is 6.73. The predicted octanol–water partition coefficient (Wildman–Crippen LogP) is 3.80. The molecule has 2 amide bonds. The minimum Gasteiger partial charge on any atom is -0.445 e. The summed E-state index contributed by atoms with van der Waals surface area (Å²) in [7, 11) is 0. The van der Waals surface area contributed by atoms with Gasteiger partial charge in [0.1, 0.15) is 12.6 Å². The zero-order valence-corrected chi connectivity index (χ0v) is 21.4. The Balaban J connectivity index is 1.31. The van der Waals surface area contributed by atoms with Crippen molar-refractivity contribution in [1.29, 1.82) is 0 Å². The van der Waals surface area contributed by atoms with E-state index in [-0.39, 0.29) is 19.1 Å². The standard InChI is InChI=1S/C29H27N7O3/c1-19-9-5-6-12-21(19)25-33-26-22-13-7-8-14-23(22)31-28(36(26)34-25)32-24-17-35(16-15-30-27(24)37)29(38)39-18-20-10-3-2-4-11-20/h2-14,24H,15-18H2,1H3,(H,30,37)(H,31,32). The molecule has 3 heterocycles. The van der Waals surface area contributed by atoms with E-state index in [2.05, 4.69) is 10.6 Å². The summed E-state index contributed by atoms with van der Waals surface area (Å²) in [5.74, 6) is 0.678. The number of anilines is 1. The fraction of sp³-hybridized carbons (Fsp3) is 0.207. The van der Waals surface area contributed by atoms with E-state index in [1.807, 2.05) is 85.8 Å². The van der Waals surface area contributed by atoms with Gasteiger partial charge in [0.2, 0.25) is 11.9 Å². The third kappa shape index (κ3) is 4.96. The van der Waals surface area contributed by atoms with Gasteiger partial charge in [-0.1, -0.05) is 66.7 Å². The highest BCUT2D eigenvalue weighted by Crippen LogP contribution is 2.26. The molecule has 2 aromatic heterocycles. The third-order valence-electron chi connectivity index (χ3n) is 6.73. The highest BCUT2D eigenvalue weighted by molar-refractivity contribution is 5.93. The smallest absolute Gasteiger partial charge is 0.410 e. The first-order valence-electron chi connectivity index (χ1n) is 12.8. The second-order valence-electron chi connectivity index (χ2n) is 9.41. The highest BCUT2D eigenvalue weighted by Gasteiger charge is 2.30. The first-order chi connectivity index (χ1) is 19.1. The number of hydrogen-bond acceptors (Lipinski definition) is 7. The van der Waals surface area contributed by atoms with E-state index in [1.165, 1.54) is 4.90 Å². The van der Waals surface area contributed by atoms with Crippen molar-refractivity contribution in [3.8, 4) is 11.4 Å². The number of carbonyl (C=O) groups is 2. The van der Waals surface area contributed by atoms with Crippen LogP contribution in [0.3, 0.4) is 0 Å². The summed E-state index contributed by atoms with van der Waals surface area (Å²) in [5, 5.41) is 11.7. The summed E-state index contributed by atoms with van der Waals surface area (Å²) in [5.41, 5.74) is 4.19. The first-order valence-corrected chi connectivity index (χ1v) is 12.8. The number of carbonyl (C=O) groups excluding carboxylic acids is 2. The van der Waals surface area contributed by atoms with Crippen molar-refractivity contribution in [3.63, 3.8) is 0 Å². The second kappa shape index (κ2) is 10.4. The Morgan fingerprint density at radius 2 is 1.79 bits per heavy atom. The Morgan fingerprint density at radius 3 is 2.64 bits per heavy atom. The molecule has 2 N–H and O–H groups in total. The van der Waals surface area contributed by atoms with Gasteiger partial charge in [-0.25, -0.2) is 14.8 Å². The maximum atomic E-state index is 13.0. The van der Waals surface area contributed by atoms with Crippen LogP contribution in [0.1, 0.15) is 11.1 Å². The Bertz CT molecular complexity index is 1670. The molecule has 0 radical (unpaired) electrons. The van der Waals surface area contributed by atoms with Gasteiger partial charge < -0.3 is 20.3 Å². The van der Waals surface area contributed by atoms with Crippen molar-refractivity contribution in [2.24, 2.45) is 0 Å². The van der Waals surface area contributed by atoms with Crippen LogP contribution in [0.4, 0.5) is 10.7 Å². The molecule has 0 aliphatic carbocycles. The number of ether oxygens (including phenoxy) is 1. The number of amides is 2. The Hall–Kier alpha value is -4.99. The molecule has 10 nitrogen and oxygen atoms in total. The lowest BCUT2D eigenvalue weighted by molar-refractivity contribution is -0.121. The number of rotatable bonds is 5.